The molecule has 0 unspecified atom stereocenters. The van der Waals surface area contributed by atoms with Gasteiger partial charge in [0.2, 0.25) is 0 Å². The van der Waals surface area contributed by atoms with Crippen molar-refractivity contribution in [3.63, 3.8) is 0 Å². The Labute approximate surface area is 102 Å². The summed E-state index contributed by atoms with van der Waals surface area (Å²) in [5.41, 5.74) is 0.908. The topological polar surface area (TPSA) is 57.2 Å². The van der Waals surface area contributed by atoms with Gasteiger partial charge in [0.05, 0.1) is 20.8 Å². The fourth-order valence-corrected chi connectivity index (χ4v) is 1.41. The minimum absolute atomic E-state index is 0.331. The van der Waals surface area contributed by atoms with Crippen molar-refractivity contribution in [1.29, 1.82) is 0 Å². The second-order valence-electron chi connectivity index (χ2n) is 3.19. The molecule has 0 aliphatic carbocycles. The van der Waals surface area contributed by atoms with E-state index in [-0.39, 0.29) is 0 Å². The van der Waals surface area contributed by atoms with Crippen molar-refractivity contribution in [2.24, 2.45) is 0 Å². The molecule has 0 heterocycles. The molecule has 0 aromatic heterocycles. The van der Waals surface area contributed by atoms with Crippen LogP contribution >= 0.6 is 0 Å². The Hall–Kier alpha value is -1.40. The molecule has 1 rings (SSSR count). The van der Waals surface area contributed by atoms with Gasteiger partial charge in [0.1, 0.15) is 0 Å². The molecule has 6 heteroatoms. The van der Waals surface area contributed by atoms with E-state index in [1.54, 1.807) is 12.1 Å². The molecular weight excluding hydrogens is 223 g/mol. The van der Waals surface area contributed by atoms with E-state index in [1.807, 2.05) is 6.92 Å². The molecule has 0 atom stereocenters. The summed E-state index contributed by atoms with van der Waals surface area (Å²) in [6, 6.07) is 3.55. The quantitative estimate of drug-likeness (QED) is 0.723. The van der Waals surface area contributed by atoms with Gasteiger partial charge in [-0.25, -0.2) is 0 Å². The fourth-order valence-electron chi connectivity index (χ4n) is 1.41. The number of benzene rings is 1. The molecule has 0 aliphatic heterocycles. The normalized spacial score (nSPS) is 9.88. The van der Waals surface area contributed by atoms with Gasteiger partial charge >= 0.3 is 7.69 Å². The van der Waals surface area contributed by atoms with E-state index in [1.165, 1.54) is 14.2 Å². The molecule has 93 valence electrons. The summed E-state index contributed by atoms with van der Waals surface area (Å²) in [5, 5.41) is 8.69. The maximum absolute atomic E-state index is 8.69. The maximum Gasteiger partial charge on any atom is 0.569 e. The van der Waals surface area contributed by atoms with Crippen LogP contribution in [0.1, 0.15) is 12.5 Å². The third-order valence-corrected chi connectivity index (χ3v) is 2.16. The lowest BCUT2D eigenvalue weighted by Gasteiger charge is -2.14. The second-order valence-corrected chi connectivity index (χ2v) is 3.19. The lowest BCUT2D eigenvalue weighted by Crippen LogP contribution is -2.05. The molecule has 0 fully saturated rings. The van der Waals surface area contributed by atoms with Crippen LogP contribution in [-0.2, 0) is 11.3 Å². The van der Waals surface area contributed by atoms with Crippen molar-refractivity contribution in [3.8, 4) is 17.2 Å². The van der Waals surface area contributed by atoms with Crippen molar-refractivity contribution in [2.75, 3.05) is 20.8 Å². The largest absolute Gasteiger partial charge is 0.569 e. The average Bonchev–Trinajstić information content (AvgIpc) is 2.37. The van der Waals surface area contributed by atoms with E-state index in [4.69, 9.17) is 23.9 Å². The Morgan fingerprint density at radius 1 is 1.18 bits per heavy atom. The smallest absolute Gasteiger partial charge is 0.532 e. The summed E-state index contributed by atoms with van der Waals surface area (Å²) < 4.78 is 20.6. The predicted molar refractivity (Wildman–Crippen MR) is 63.5 cm³/mol. The van der Waals surface area contributed by atoms with Crippen LogP contribution in [-0.4, -0.2) is 33.5 Å². The fraction of sp³-hybridized carbons (Fsp3) is 0.455. The van der Waals surface area contributed by atoms with Gasteiger partial charge in [0.15, 0.2) is 17.2 Å². The van der Waals surface area contributed by atoms with Crippen LogP contribution < -0.4 is 14.1 Å². The Bertz CT molecular complexity index is 331. The molecule has 1 aromatic rings. The van der Waals surface area contributed by atoms with E-state index in [0.29, 0.717) is 38.1 Å². The lowest BCUT2D eigenvalue weighted by atomic mass is 10.2. The molecule has 1 aromatic carbocycles. The zero-order chi connectivity index (χ0) is 12.7. The van der Waals surface area contributed by atoms with Crippen LogP contribution in [0.4, 0.5) is 0 Å². The van der Waals surface area contributed by atoms with Crippen LogP contribution in [0.2, 0.25) is 0 Å². The third-order valence-electron chi connectivity index (χ3n) is 2.16. The molecule has 0 amide bonds. The molecule has 17 heavy (non-hydrogen) atoms. The van der Waals surface area contributed by atoms with E-state index < -0.39 is 0 Å². The van der Waals surface area contributed by atoms with Crippen LogP contribution in [0.3, 0.4) is 0 Å². The zero-order valence-electron chi connectivity index (χ0n) is 10.2. The minimum Gasteiger partial charge on any atom is -0.532 e. The number of methoxy groups -OCH3 is 2. The Balaban J connectivity index is 3.05. The number of ether oxygens (including phenoxy) is 3. The number of rotatable bonds is 7. The predicted octanol–water partition coefficient (Wildman–Crippen LogP) is 1.15. The molecule has 0 aliphatic rings. The first-order valence-corrected chi connectivity index (χ1v) is 5.22. The molecule has 0 saturated carbocycles. The van der Waals surface area contributed by atoms with Crippen LogP contribution in [0.5, 0.6) is 17.2 Å². The highest BCUT2D eigenvalue weighted by Gasteiger charge is 2.14. The van der Waals surface area contributed by atoms with Crippen molar-refractivity contribution in [2.45, 2.75) is 13.5 Å². The van der Waals surface area contributed by atoms with Crippen LogP contribution in [0.15, 0.2) is 12.1 Å². The van der Waals surface area contributed by atoms with Crippen molar-refractivity contribution >= 4 is 7.69 Å². The highest BCUT2D eigenvalue weighted by molar-refractivity contribution is 6.17. The van der Waals surface area contributed by atoms with Gasteiger partial charge in [-0.3, -0.25) is 0 Å². The second kappa shape index (κ2) is 7.03. The van der Waals surface area contributed by atoms with E-state index >= 15 is 0 Å². The SMILES string of the molecule is CCOCc1cc(OC)c(O[B]O)c(OC)c1. The highest BCUT2D eigenvalue weighted by Crippen LogP contribution is 2.38. The zero-order valence-corrected chi connectivity index (χ0v) is 10.2. The summed E-state index contributed by atoms with van der Waals surface area (Å²) >= 11 is 0. The van der Waals surface area contributed by atoms with Crippen molar-refractivity contribution in [1.82, 2.24) is 0 Å². The molecule has 1 radical (unpaired) electrons. The number of hydrogen-bond donors (Lipinski definition) is 1. The van der Waals surface area contributed by atoms with Gasteiger partial charge in [-0.05, 0) is 24.6 Å². The van der Waals surface area contributed by atoms with Crippen molar-refractivity contribution in [3.05, 3.63) is 17.7 Å². The molecule has 5 nitrogen and oxygen atoms in total. The average molecular weight is 239 g/mol. The molecular formula is C11H16BO5. The van der Waals surface area contributed by atoms with E-state index in [9.17, 15) is 0 Å². The Morgan fingerprint density at radius 2 is 1.76 bits per heavy atom. The van der Waals surface area contributed by atoms with Gasteiger partial charge in [0, 0.05) is 6.61 Å². The summed E-state index contributed by atoms with van der Waals surface area (Å²) in [5.74, 6) is 1.28. The standard InChI is InChI=1S/C11H16BO5/c1-4-16-7-8-5-9(14-2)11(17-12-13)10(6-8)15-3/h5-6,13H,4,7H2,1-3H3. The summed E-state index contributed by atoms with van der Waals surface area (Å²) in [4.78, 5) is 0. The van der Waals surface area contributed by atoms with Gasteiger partial charge in [-0.15, -0.1) is 0 Å². The third kappa shape index (κ3) is 3.54. The van der Waals surface area contributed by atoms with Crippen LogP contribution in [0.25, 0.3) is 0 Å². The van der Waals surface area contributed by atoms with Gasteiger partial charge in [-0.2, -0.15) is 0 Å². The molecule has 0 saturated heterocycles. The minimum atomic E-state index is 0.331. The van der Waals surface area contributed by atoms with E-state index in [2.05, 4.69) is 0 Å². The molecule has 0 spiro atoms. The van der Waals surface area contributed by atoms with E-state index in [0.717, 1.165) is 5.56 Å². The molecule has 1 N–H and O–H groups in total. The summed E-state index contributed by atoms with van der Waals surface area (Å²) in [6.07, 6.45) is 0. The monoisotopic (exact) mass is 239 g/mol. The van der Waals surface area contributed by atoms with Gasteiger partial charge in [0.25, 0.3) is 0 Å². The summed E-state index contributed by atoms with van der Waals surface area (Å²) in [7, 11) is 3.62. The summed E-state index contributed by atoms with van der Waals surface area (Å²) in [6.45, 7) is 3.02. The highest BCUT2D eigenvalue weighted by atomic mass is 16.5. The number of hydrogen-bond acceptors (Lipinski definition) is 5. The first-order valence-electron chi connectivity index (χ1n) is 5.22. The maximum atomic E-state index is 8.69. The lowest BCUT2D eigenvalue weighted by molar-refractivity contribution is 0.133. The van der Waals surface area contributed by atoms with Crippen molar-refractivity contribution < 1.29 is 23.9 Å². The Morgan fingerprint density at radius 3 is 2.18 bits per heavy atom. The first-order chi connectivity index (χ1) is 8.26. The van der Waals surface area contributed by atoms with Crippen LogP contribution in [0, 0.1) is 0 Å². The van der Waals surface area contributed by atoms with Gasteiger partial charge < -0.3 is 23.9 Å². The first kappa shape index (κ1) is 13.7. The Kier molecular flexibility index (Phi) is 5.66. The van der Waals surface area contributed by atoms with Gasteiger partial charge in [-0.1, -0.05) is 0 Å². The molecule has 0 bridgehead atoms.